The first-order valence-electron chi connectivity index (χ1n) is 7.65. The maximum absolute atomic E-state index is 11.9. The lowest BCUT2D eigenvalue weighted by Crippen LogP contribution is -2.37. The van der Waals surface area contributed by atoms with E-state index in [0.29, 0.717) is 26.1 Å². The molecule has 1 aromatic heterocycles. The molecule has 0 bridgehead atoms. The number of carbonyl (C=O) groups is 2. The summed E-state index contributed by atoms with van der Waals surface area (Å²) in [5.41, 5.74) is 2.15. The van der Waals surface area contributed by atoms with Crippen LogP contribution in [0.1, 0.15) is 23.8 Å². The maximum Gasteiger partial charge on any atom is 0.224 e. The third-order valence-electron chi connectivity index (χ3n) is 3.56. The first kappa shape index (κ1) is 16.8. The van der Waals surface area contributed by atoms with E-state index in [0.717, 1.165) is 11.3 Å². The third-order valence-corrected chi connectivity index (χ3v) is 3.56. The number of nitrogens with zero attached hydrogens (tertiary/aromatic N) is 1. The molecule has 0 atom stereocenters. The summed E-state index contributed by atoms with van der Waals surface area (Å²) in [5.74, 6) is 0.635. The molecule has 5 nitrogen and oxygen atoms in total. The highest BCUT2D eigenvalue weighted by Crippen LogP contribution is 2.06. The maximum atomic E-state index is 11.9. The molecule has 0 saturated carbocycles. The summed E-state index contributed by atoms with van der Waals surface area (Å²) in [6, 6.07) is 11.5. The molecule has 0 unspecified atom stereocenters. The van der Waals surface area contributed by atoms with E-state index in [1.165, 1.54) is 12.5 Å². The summed E-state index contributed by atoms with van der Waals surface area (Å²) in [4.78, 5) is 25.2. The first-order valence-corrected chi connectivity index (χ1v) is 7.65. The summed E-state index contributed by atoms with van der Waals surface area (Å²) in [5, 5.41) is 2.85. The first-order chi connectivity index (χ1) is 11.0. The quantitative estimate of drug-likeness (QED) is 0.853. The summed E-state index contributed by atoms with van der Waals surface area (Å²) < 4.78 is 5.25. The number of hydrogen-bond acceptors (Lipinski definition) is 3. The van der Waals surface area contributed by atoms with Crippen molar-refractivity contribution >= 4 is 11.8 Å². The topological polar surface area (TPSA) is 62.6 Å². The summed E-state index contributed by atoms with van der Waals surface area (Å²) in [7, 11) is 0. The Morgan fingerprint density at radius 3 is 2.52 bits per heavy atom. The molecule has 23 heavy (non-hydrogen) atoms. The van der Waals surface area contributed by atoms with Crippen molar-refractivity contribution in [1.29, 1.82) is 0 Å². The smallest absolute Gasteiger partial charge is 0.224 e. The van der Waals surface area contributed by atoms with E-state index in [-0.39, 0.29) is 11.8 Å². The average molecular weight is 314 g/mol. The Morgan fingerprint density at radius 1 is 1.17 bits per heavy atom. The normalized spacial score (nSPS) is 10.3. The van der Waals surface area contributed by atoms with Gasteiger partial charge in [0.1, 0.15) is 5.76 Å². The molecule has 0 spiro atoms. The van der Waals surface area contributed by atoms with Crippen molar-refractivity contribution < 1.29 is 14.0 Å². The van der Waals surface area contributed by atoms with E-state index in [1.54, 1.807) is 17.2 Å². The van der Waals surface area contributed by atoms with Gasteiger partial charge in [0.2, 0.25) is 11.8 Å². The SMILES string of the molecule is CC(=O)N(CCNC(=O)Cc1ccc(C)cc1)Cc1ccco1. The van der Waals surface area contributed by atoms with Gasteiger partial charge in [-0.2, -0.15) is 0 Å². The molecule has 1 N–H and O–H groups in total. The largest absolute Gasteiger partial charge is 0.467 e. The molecule has 2 amide bonds. The minimum Gasteiger partial charge on any atom is -0.467 e. The number of rotatable bonds is 7. The van der Waals surface area contributed by atoms with Gasteiger partial charge in [0.05, 0.1) is 19.2 Å². The van der Waals surface area contributed by atoms with E-state index >= 15 is 0 Å². The predicted octanol–water partition coefficient (Wildman–Crippen LogP) is 2.30. The number of carbonyl (C=O) groups excluding carboxylic acids is 2. The fraction of sp³-hybridized carbons (Fsp3) is 0.333. The molecule has 0 aliphatic heterocycles. The molecule has 0 aliphatic rings. The van der Waals surface area contributed by atoms with Crippen LogP contribution in [-0.4, -0.2) is 29.8 Å². The van der Waals surface area contributed by atoms with Gasteiger partial charge < -0.3 is 14.6 Å². The van der Waals surface area contributed by atoms with Crippen molar-refractivity contribution in [2.24, 2.45) is 0 Å². The van der Waals surface area contributed by atoms with E-state index in [9.17, 15) is 9.59 Å². The lowest BCUT2D eigenvalue weighted by Gasteiger charge is -2.20. The van der Waals surface area contributed by atoms with Crippen molar-refractivity contribution in [2.75, 3.05) is 13.1 Å². The zero-order chi connectivity index (χ0) is 16.7. The number of furan rings is 1. The molecule has 122 valence electrons. The van der Waals surface area contributed by atoms with Crippen LogP contribution >= 0.6 is 0 Å². The molecule has 1 aromatic carbocycles. The second kappa shape index (κ2) is 8.17. The van der Waals surface area contributed by atoms with Gasteiger partial charge in [-0.25, -0.2) is 0 Å². The molecule has 1 heterocycles. The highest BCUT2D eigenvalue weighted by atomic mass is 16.3. The van der Waals surface area contributed by atoms with Crippen LogP contribution in [0.15, 0.2) is 47.1 Å². The minimum absolute atomic E-state index is 0.0460. The van der Waals surface area contributed by atoms with Crippen LogP contribution in [-0.2, 0) is 22.6 Å². The molecule has 0 aliphatic carbocycles. The lowest BCUT2D eigenvalue weighted by atomic mass is 10.1. The summed E-state index contributed by atoms with van der Waals surface area (Å²) in [6.07, 6.45) is 1.93. The van der Waals surface area contributed by atoms with Crippen LogP contribution < -0.4 is 5.32 Å². The third kappa shape index (κ3) is 5.62. The molecule has 0 fully saturated rings. The number of benzene rings is 1. The van der Waals surface area contributed by atoms with E-state index in [4.69, 9.17) is 4.42 Å². The molecule has 2 aromatic rings. The molecular formula is C18H22N2O3. The van der Waals surface area contributed by atoms with Gasteiger partial charge >= 0.3 is 0 Å². The molecule has 0 radical (unpaired) electrons. The number of nitrogens with one attached hydrogen (secondary N) is 1. The van der Waals surface area contributed by atoms with Crippen LogP contribution in [0, 0.1) is 6.92 Å². The Morgan fingerprint density at radius 2 is 1.91 bits per heavy atom. The number of amides is 2. The Hall–Kier alpha value is -2.56. The second-order valence-corrected chi connectivity index (χ2v) is 5.53. The zero-order valence-electron chi connectivity index (χ0n) is 13.5. The van der Waals surface area contributed by atoms with E-state index in [2.05, 4.69) is 5.32 Å². The van der Waals surface area contributed by atoms with Crippen LogP contribution in [0.25, 0.3) is 0 Å². The van der Waals surface area contributed by atoms with Crippen LogP contribution in [0.5, 0.6) is 0 Å². The zero-order valence-corrected chi connectivity index (χ0v) is 13.5. The van der Waals surface area contributed by atoms with Crippen molar-refractivity contribution in [2.45, 2.75) is 26.8 Å². The molecular weight excluding hydrogens is 292 g/mol. The van der Waals surface area contributed by atoms with Gasteiger partial charge in [0, 0.05) is 20.0 Å². The van der Waals surface area contributed by atoms with Gasteiger partial charge in [0.15, 0.2) is 0 Å². The number of aryl methyl sites for hydroxylation is 1. The van der Waals surface area contributed by atoms with Gasteiger partial charge in [-0.15, -0.1) is 0 Å². The Balaban J connectivity index is 1.76. The monoisotopic (exact) mass is 314 g/mol. The minimum atomic E-state index is -0.0471. The van der Waals surface area contributed by atoms with Crippen molar-refractivity contribution in [1.82, 2.24) is 10.2 Å². The van der Waals surface area contributed by atoms with E-state index < -0.39 is 0 Å². The fourth-order valence-electron chi connectivity index (χ4n) is 2.22. The Labute approximate surface area is 136 Å². The highest BCUT2D eigenvalue weighted by Gasteiger charge is 2.11. The fourth-order valence-corrected chi connectivity index (χ4v) is 2.22. The van der Waals surface area contributed by atoms with Crippen LogP contribution in [0.4, 0.5) is 0 Å². The second-order valence-electron chi connectivity index (χ2n) is 5.53. The standard InChI is InChI=1S/C18H22N2O3/c1-14-5-7-16(8-6-14)12-18(22)19-9-10-20(15(2)21)13-17-4-3-11-23-17/h3-8,11H,9-10,12-13H2,1-2H3,(H,19,22). The summed E-state index contributed by atoms with van der Waals surface area (Å²) >= 11 is 0. The Kier molecular flexibility index (Phi) is 5.97. The van der Waals surface area contributed by atoms with Gasteiger partial charge in [-0.1, -0.05) is 29.8 Å². The van der Waals surface area contributed by atoms with Gasteiger partial charge in [0.25, 0.3) is 0 Å². The lowest BCUT2D eigenvalue weighted by molar-refractivity contribution is -0.130. The molecule has 0 saturated heterocycles. The number of hydrogen-bond donors (Lipinski definition) is 1. The molecule has 5 heteroatoms. The van der Waals surface area contributed by atoms with Gasteiger partial charge in [-0.3, -0.25) is 9.59 Å². The van der Waals surface area contributed by atoms with Crippen molar-refractivity contribution in [3.63, 3.8) is 0 Å². The highest BCUT2D eigenvalue weighted by molar-refractivity contribution is 5.78. The van der Waals surface area contributed by atoms with E-state index in [1.807, 2.05) is 37.3 Å². The predicted molar refractivity (Wildman–Crippen MR) is 87.7 cm³/mol. The van der Waals surface area contributed by atoms with Crippen LogP contribution in [0.2, 0.25) is 0 Å². The summed E-state index contributed by atoms with van der Waals surface area (Å²) in [6.45, 7) is 4.81. The van der Waals surface area contributed by atoms with Crippen molar-refractivity contribution in [3.05, 3.63) is 59.5 Å². The van der Waals surface area contributed by atoms with Crippen LogP contribution in [0.3, 0.4) is 0 Å². The van der Waals surface area contributed by atoms with Gasteiger partial charge in [-0.05, 0) is 24.6 Å². The molecule has 2 rings (SSSR count). The average Bonchev–Trinajstić information content (AvgIpc) is 3.01. The Bertz CT molecular complexity index is 633. The van der Waals surface area contributed by atoms with Crippen molar-refractivity contribution in [3.8, 4) is 0 Å².